The van der Waals surface area contributed by atoms with Gasteiger partial charge in [-0.1, -0.05) is 0 Å². The minimum Gasteiger partial charge on any atom is -0.505 e. The lowest BCUT2D eigenvalue weighted by Gasteiger charge is -2.17. The molecule has 1 atom stereocenters. The van der Waals surface area contributed by atoms with Crippen LogP contribution >= 0.6 is 0 Å². The maximum atomic E-state index is 11.9. The number of esters is 1. The molecule has 9 nitrogen and oxygen atoms in total. The second kappa shape index (κ2) is 5.23. The third-order valence-corrected chi connectivity index (χ3v) is 4.00. The molecule has 0 bridgehead atoms. The van der Waals surface area contributed by atoms with Crippen molar-refractivity contribution in [1.82, 2.24) is 4.90 Å². The van der Waals surface area contributed by atoms with E-state index in [1.807, 2.05) is 0 Å². The van der Waals surface area contributed by atoms with Crippen molar-refractivity contribution >= 4 is 21.7 Å². The van der Waals surface area contributed by atoms with Crippen molar-refractivity contribution in [2.24, 2.45) is 0 Å². The van der Waals surface area contributed by atoms with E-state index in [0.717, 1.165) is 14.0 Å². The highest BCUT2D eigenvalue weighted by molar-refractivity contribution is 7.91. The molecule has 0 radical (unpaired) electrons. The Morgan fingerprint density at radius 1 is 1.47 bits per heavy atom. The van der Waals surface area contributed by atoms with Crippen LogP contribution in [0.25, 0.3) is 4.98 Å². The SMILES string of the molecule is COC(=O)[C@@H]1CS(=O)(=O)CN1C(=O)/C([N+]#N)=C(/C)O. The minimum absolute atomic E-state index is 0.575. The molecule has 10 heteroatoms. The number of sulfone groups is 1. The third kappa shape index (κ3) is 3.00. The highest BCUT2D eigenvalue weighted by Gasteiger charge is 2.47. The van der Waals surface area contributed by atoms with Gasteiger partial charge in [-0.2, -0.15) is 0 Å². The number of ether oxygens (including phenoxy) is 1. The minimum atomic E-state index is -3.64. The van der Waals surface area contributed by atoms with E-state index in [1.54, 1.807) is 0 Å². The molecule has 0 aromatic rings. The molecule has 0 spiro atoms. The van der Waals surface area contributed by atoms with Gasteiger partial charge in [0.25, 0.3) is 0 Å². The van der Waals surface area contributed by atoms with E-state index in [0.29, 0.717) is 4.90 Å². The Bertz CT molecular complexity index is 584. The maximum absolute atomic E-state index is 11.9. The number of aliphatic hydroxyl groups excluding tert-OH is 1. The summed E-state index contributed by atoms with van der Waals surface area (Å²) in [7, 11) is -2.58. The van der Waals surface area contributed by atoms with Crippen LogP contribution in [0.15, 0.2) is 11.5 Å². The number of amides is 1. The fourth-order valence-electron chi connectivity index (χ4n) is 1.62. The van der Waals surface area contributed by atoms with Crippen LogP contribution < -0.4 is 0 Å². The normalized spacial score (nSPS) is 22.4. The molecule has 0 aromatic carbocycles. The summed E-state index contributed by atoms with van der Waals surface area (Å²) < 4.78 is 27.4. The van der Waals surface area contributed by atoms with Crippen molar-refractivity contribution < 1.29 is 27.9 Å². The standard InChI is InChI=1S/C9H11N3O6S/c1-5(13)7(11-10)8(14)12-4-19(16,17)3-6(12)9(15)18-2/h6H,3-4H2,1-2H3/p+1/t6-/m0/s1. The second-order valence-corrected chi connectivity index (χ2v) is 5.97. The molecule has 1 fully saturated rings. The Balaban J connectivity index is 3.18. The first-order valence-corrected chi connectivity index (χ1v) is 6.89. The van der Waals surface area contributed by atoms with Gasteiger partial charge in [0, 0.05) is 6.92 Å². The maximum Gasteiger partial charge on any atom is 0.485 e. The lowest BCUT2D eigenvalue weighted by molar-refractivity contribution is -0.149. The van der Waals surface area contributed by atoms with E-state index in [9.17, 15) is 18.0 Å². The molecule has 0 aliphatic carbocycles. The molecule has 1 amide bonds. The summed E-state index contributed by atoms with van der Waals surface area (Å²) in [6.45, 7) is 1.09. The number of hydrogen-bond donors (Lipinski definition) is 1. The lowest BCUT2D eigenvalue weighted by Crippen LogP contribution is -2.43. The zero-order valence-corrected chi connectivity index (χ0v) is 11.0. The zero-order chi connectivity index (χ0) is 14.8. The van der Waals surface area contributed by atoms with Crippen LogP contribution in [0.5, 0.6) is 0 Å². The first-order chi connectivity index (χ1) is 8.73. The number of hydrogen-bond acceptors (Lipinski definition) is 7. The largest absolute Gasteiger partial charge is 0.505 e. The molecule has 1 rings (SSSR count). The smallest absolute Gasteiger partial charge is 0.485 e. The number of methoxy groups -OCH3 is 1. The fourth-order valence-corrected chi connectivity index (χ4v) is 3.25. The average molecular weight is 290 g/mol. The number of carbonyl (C=O) groups excluding carboxylic acids is 2. The lowest BCUT2D eigenvalue weighted by atomic mass is 10.2. The third-order valence-electron chi connectivity index (χ3n) is 2.50. The van der Waals surface area contributed by atoms with Gasteiger partial charge >= 0.3 is 17.6 Å². The van der Waals surface area contributed by atoms with Crippen LogP contribution in [-0.2, 0) is 24.2 Å². The Hall–Kier alpha value is -2.15. The van der Waals surface area contributed by atoms with E-state index >= 15 is 0 Å². The monoisotopic (exact) mass is 290 g/mol. The van der Waals surface area contributed by atoms with Gasteiger partial charge in [-0.25, -0.2) is 13.2 Å². The summed E-state index contributed by atoms with van der Waals surface area (Å²) in [6, 6.07) is -1.32. The quantitative estimate of drug-likeness (QED) is 0.310. The van der Waals surface area contributed by atoms with Crippen LogP contribution in [0.4, 0.5) is 0 Å². The molecule has 1 N–H and O–H groups in total. The average Bonchev–Trinajstić information content (AvgIpc) is 2.64. The number of rotatable bonds is 2. The first-order valence-electron chi connectivity index (χ1n) is 5.07. The molecular formula is C9H12N3O6S+. The molecule has 1 heterocycles. The number of nitrogens with zero attached hydrogens (tertiary/aromatic N) is 3. The molecule has 0 aromatic heterocycles. The summed E-state index contributed by atoms with van der Waals surface area (Å²) in [5, 5.41) is 17.8. The van der Waals surface area contributed by atoms with Gasteiger partial charge < -0.3 is 14.7 Å². The summed E-state index contributed by atoms with van der Waals surface area (Å²) in [5.41, 5.74) is -0.731. The second-order valence-electron chi connectivity index (χ2n) is 3.89. The van der Waals surface area contributed by atoms with Crippen molar-refractivity contribution in [3.8, 4) is 0 Å². The first kappa shape index (κ1) is 14.9. The summed E-state index contributed by atoms with van der Waals surface area (Å²) >= 11 is 0. The van der Waals surface area contributed by atoms with Gasteiger partial charge in [-0.05, 0) is 0 Å². The topological polar surface area (TPSA) is 129 Å². The number of aliphatic hydroxyl groups is 1. The van der Waals surface area contributed by atoms with Crippen LogP contribution in [-0.4, -0.2) is 55.1 Å². The summed E-state index contributed by atoms with van der Waals surface area (Å²) in [4.78, 5) is 26.6. The predicted molar refractivity (Wildman–Crippen MR) is 61.7 cm³/mol. The number of allylic oxidation sites excluding steroid dienone is 1. The van der Waals surface area contributed by atoms with Gasteiger partial charge in [-0.15, -0.1) is 0 Å². The fraction of sp³-hybridized carbons (Fsp3) is 0.556. The van der Waals surface area contributed by atoms with Crippen LogP contribution in [0, 0.1) is 5.39 Å². The molecular weight excluding hydrogens is 278 g/mol. The van der Waals surface area contributed by atoms with Crippen LogP contribution in [0.3, 0.4) is 0 Å². The van der Waals surface area contributed by atoms with Gasteiger partial charge in [0.1, 0.15) is 11.9 Å². The molecule has 0 unspecified atom stereocenters. The predicted octanol–water partition coefficient (Wildman–Crippen LogP) is -0.615. The van der Waals surface area contributed by atoms with Gasteiger partial charge in [0.15, 0.2) is 20.6 Å². The Morgan fingerprint density at radius 3 is 2.47 bits per heavy atom. The van der Waals surface area contributed by atoms with E-state index in [-0.39, 0.29) is 0 Å². The van der Waals surface area contributed by atoms with Crippen molar-refractivity contribution in [1.29, 1.82) is 5.39 Å². The van der Waals surface area contributed by atoms with E-state index in [4.69, 9.17) is 10.5 Å². The molecule has 1 saturated heterocycles. The summed E-state index contributed by atoms with van der Waals surface area (Å²) in [6.07, 6.45) is 0. The van der Waals surface area contributed by atoms with Gasteiger partial charge in [0.05, 0.1) is 12.9 Å². The molecule has 0 saturated carbocycles. The highest BCUT2D eigenvalue weighted by Crippen LogP contribution is 2.20. The van der Waals surface area contributed by atoms with Gasteiger partial charge in [0.2, 0.25) is 5.39 Å². The summed E-state index contributed by atoms with van der Waals surface area (Å²) in [5.74, 6) is -3.85. The van der Waals surface area contributed by atoms with E-state index < -0.39 is 50.8 Å². The molecule has 104 valence electrons. The van der Waals surface area contributed by atoms with E-state index in [2.05, 4.69) is 9.71 Å². The van der Waals surface area contributed by atoms with Crippen LogP contribution in [0.2, 0.25) is 0 Å². The molecule has 19 heavy (non-hydrogen) atoms. The van der Waals surface area contributed by atoms with Gasteiger partial charge in [-0.3, -0.25) is 4.79 Å². The van der Waals surface area contributed by atoms with Crippen molar-refractivity contribution in [3.63, 3.8) is 0 Å². The van der Waals surface area contributed by atoms with Crippen molar-refractivity contribution in [3.05, 3.63) is 16.4 Å². The van der Waals surface area contributed by atoms with Crippen molar-refractivity contribution in [2.45, 2.75) is 13.0 Å². The van der Waals surface area contributed by atoms with E-state index in [1.165, 1.54) is 0 Å². The number of carbonyl (C=O) groups is 2. The Morgan fingerprint density at radius 2 is 2.05 bits per heavy atom. The zero-order valence-electron chi connectivity index (χ0n) is 10.2. The molecule has 1 aliphatic heterocycles. The molecule has 1 aliphatic rings. The Kier molecular flexibility index (Phi) is 4.10. The van der Waals surface area contributed by atoms with Crippen LogP contribution in [0.1, 0.15) is 6.92 Å². The van der Waals surface area contributed by atoms with Crippen molar-refractivity contribution in [2.75, 3.05) is 18.7 Å². The number of diazo groups is 1. The highest BCUT2D eigenvalue weighted by atomic mass is 32.2. The Labute approximate surface area is 109 Å².